The summed E-state index contributed by atoms with van der Waals surface area (Å²) in [5.41, 5.74) is 0. The number of nitrogens with zero attached hydrogens (tertiary/aromatic N) is 1. The molecule has 2 unspecified atom stereocenters. The molecule has 0 aliphatic rings. The number of rotatable bonds is 34. The van der Waals surface area contributed by atoms with Crippen LogP contribution < -0.4 is 4.57 Å². The van der Waals surface area contributed by atoms with Gasteiger partial charge in [-0.25, -0.2) is 9.55 Å². The minimum Gasteiger partial charge on any atom is -0.247 e. The van der Waals surface area contributed by atoms with Gasteiger partial charge in [-0.15, -0.1) is 0 Å². The summed E-state index contributed by atoms with van der Waals surface area (Å²) in [6, 6.07) is 0.612. The first-order valence-electron chi connectivity index (χ1n) is 20.3. The highest BCUT2D eigenvalue weighted by molar-refractivity contribution is 4.90. The van der Waals surface area contributed by atoms with Crippen LogP contribution in [0.2, 0.25) is 0 Å². The monoisotopic (exact) mass is 602 g/mol. The van der Waals surface area contributed by atoms with Gasteiger partial charge in [-0.1, -0.05) is 207 Å². The van der Waals surface area contributed by atoms with Gasteiger partial charge in [0.05, 0.1) is 12.0 Å². The molecule has 0 fully saturated rings. The molecule has 0 amide bonds. The van der Waals surface area contributed by atoms with E-state index in [1.807, 2.05) is 0 Å². The number of imidazole rings is 1. The molecule has 0 aromatic carbocycles. The average Bonchev–Trinajstić information content (AvgIpc) is 3.50. The maximum atomic E-state index is 3.71. The van der Waals surface area contributed by atoms with Gasteiger partial charge in [-0.2, -0.15) is 0 Å². The van der Waals surface area contributed by atoms with Crippen molar-refractivity contribution in [1.29, 1.82) is 0 Å². The molecule has 2 nitrogen and oxygen atoms in total. The lowest BCUT2D eigenvalue weighted by Crippen LogP contribution is -2.41. The fourth-order valence-corrected chi connectivity index (χ4v) is 7.22. The zero-order valence-corrected chi connectivity index (χ0v) is 30.4. The molecule has 2 heteroatoms. The van der Waals surface area contributed by atoms with Crippen LogP contribution in [0.1, 0.15) is 251 Å². The lowest BCUT2D eigenvalue weighted by atomic mass is 9.92. The van der Waals surface area contributed by atoms with E-state index in [-0.39, 0.29) is 0 Å². The van der Waals surface area contributed by atoms with E-state index in [0.29, 0.717) is 12.0 Å². The van der Waals surface area contributed by atoms with Crippen molar-refractivity contribution in [2.45, 2.75) is 245 Å². The predicted octanol–water partition coefficient (Wildman–Crippen LogP) is 14.5. The van der Waals surface area contributed by atoms with Crippen LogP contribution >= 0.6 is 0 Å². The third kappa shape index (κ3) is 23.2. The van der Waals surface area contributed by atoms with Gasteiger partial charge >= 0.3 is 0 Å². The molecule has 0 aliphatic carbocycles. The van der Waals surface area contributed by atoms with E-state index < -0.39 is 0 Å². The Kier molecular flexibility index (Phi) is 29.2. The second-order valence-electron chi connectivity index (χ2n) is 14.4. The minimum atomic E-state index is 0.612. The third-order valence-corrected chi connectivity index (χ3v) is 10.1. The first kappa shape index (κ1) is 40.2. The summed E-state index contributed by atoms with van der Waals surface area (Å²) in [5, 5.41) is 0. The first-order chi connectivity index (χ1) is 21.2. The summed E-state index contributed by atoms with van der Waals surface area (Å²) in [6.45, 7) is 9.36. The molecule has 0 radical (unpaired) electrons. The Morgan fingerprint density at radius 3 is 1.09 bits per heavy atom. The van der Waals surface area contributed by atoms with Crippen molar-refractivity contribution in [1.82, 2.24) is 4.98 Å². The van der Waals surface area contributed by atoms with Gasteiger partial charge in [-0.3, -0.25) is 0 Å². The van der Waals surface area contributed by atoms with Crippen molar-refractivity contribution in [3.8, 4) is 0 Å². The maximum absolute atomic E-state index is 3.71. The fraction of sp³-hybridized carbons (Fsp3) is 0.927. The minimum absolute atomic E-state index is 0.612. The normalized spacial score (nSPS) is 13.1. The van der Waals surface area contributed by atoms with Crippen LogP contribution in [0.4, 0.5) is 0 Å². The lowest BCUT2D eigenvalue weighted by Gasteiger charge is -2.17. The summed E-state index contributed by atoms with van der Waals surface area (Å²) in [4.78, 5) is 3.71. The van der Waals surface area contributed by atoms with Crippen LogP contribution in [-0.2, 0) is 0 Å². The largest absolute Gasteiger partial charge is 0.257 e. The standard InChI is InChI=1S/C41H80N2/c1-5-8-10-12-14-16-18-20-21-23-25-27-29-31-33-36-40(41-42-37-38-43(41)39(4)34-7-3)35-32-30-28-26-24-22-19-17-15-13-11-9-6-2/h37-40H,5-36H2,1-4H3/p+1. The van der Waals surface area contributed by atoms with E-state index in [9.17, 15) is 0 Å². The Morgan fingerprint density at radius 1 is 0.442 bits per heavy atom. The van der Waals surface area contributed by atoms with Gasteiger partial charge in [0.25, 0.3) is 5.82 Å². The first-order valence-corrected chi connectivity index (χ1v) is 20.3. The Morgan fingerprint density at radius 2 is 0.767 bits per heavy atom. The van der Waals surface area contributed by atoms with Crippen LogP contribution in [0.15, 0.2) is 12.4 Å². The zero-order valence-electron chi connectivity index (χ0n) is 30.4. The van der Waals surface area contributed by atoms with Crippen LogP contribution in [0.5, 0.6) is 0 Å². The Labute approximate surface area is 272 Å². The zero-order chi connectivity index (χ0) is 31.1. The molecule has 2 atom stereocenters. The molecule has 0 saturated carbocycles. The molecule has 0 spiro atoms. The van der Waals surface area contributed by atoms with Crippen LogP contribution in [0, 0.1) is 0 Å². The number of aromatic nitrogens is 2. The van der Waals surface area contributed by atoms with E-state index in [2.05, 4.69) is 49.6 Å². The second-order valence-corrected chi connectivity index (χ2v) is 14.4. The molecule has 1 heterocycles. The topological polar surface area (TPSA) is 19.7 Å². The Hall–Kier alpha value is -0.790. The second kappa shape index (κ2) is 31.2. The smallest absolute Gasteiger partial charge is 0.247 e. The molecule has 1 aromatic heterocycles. The molecule has 0 saturated heterocycles. The number of hydrogen-bond donors (Lipinski definition) is 1. The number of nitrogens with one attached hydrogen (secondary N) is 1. The van der Waals surface area contributed by atoms with Crippen LogP contribution in [0.3, 0.4) is 0 Å². The highest BCUT2D eigenvalue weighted by Crippen LogP contribution is 2.27. The van der Waals surface area contributed by atoms with Gasteiger partial charge in [0.15, 0.2) is 0 Å². The van der Waals surface area contributed by atoms with E-state index in [4.69, 9.17) is 0 Å². The van der Waals surface area contributed by atoms with Crippen molar-refractivity contribution < 1.29 is 4.57 Å². The molecule has 1 rings (SSSR count). The van der Waals surface area contributed by atoms with Crippen molar-refractivity contribution >= 4 is 0 Å². The quantitative estimate of drug-likeness (QED) is 0.0599. The van der Waals surface area contributed by atoms with E-state index in [1.165, 1.54) is 211 Å². The lowest BCUT2D eigenvalue weighted by molar-refractivity contribution is -0.727. The summed E-state index contributed by atoms with van der Waals surface area (Å²) >= 11 is 0. The molecule has 254 valence electrons. The number of hydrogen-bond acceptors (Lipinski definition) is 0. The highest BCUT2D eigenvalue weighted by Gasteiger charge is 2.25. The molecular formula is C41H81N2+. The SMILES string of the molecule is CCCCCCCCCCCCCCCCCC(CCCCCCCCCCCCCCC)c1[nH]cc[n+]1C(C)CCC. The molecule has 1 N–H and O–H groups in total. The van der Waals surface area contributed by atoms with Crippen LogP contribution in [0.25, 0.3) is 0 Å². The highest BCUT2D eigenvalue weighted by atomic mass is 15.1. The molecule has 0 bridgehead atoms. The van der Waals surface area contributed by atoms with Crippen molar-refractivity contribution in [2.24, 2.45) is 0 Å². The molecular weight excluding hydrogens is 520 g/mol. The Bertz CT molecular complexity index is 664. The van der Waals surface area contributed by atoms with E-state index in [1.54, 1.807) is 0 Å². The van der Waals surface area contributed by atoms with Gasteiger partial charge in [0, 0.05) is 0 Å². The van der Waals surface area contributed by atoms with Crippen molar-refractivity contribution in [3.05, 3.63) is 18.2 Å². The van der Waals surface area contributed by atoms with E-state index in [0.717, 1.165) is 0 Å². The van der Waals surface area contributed by atoms with Gasteiger partial charge < -0.3 is 0 Å². The predicted molar refractivity (Wildman–Crippen MR) is 193 cm³/mol. The average molecular weight is 602 g/mol. The van der Waals surface area contributed by atoms with Crippen LogP contribution in [-0.4, -0.2) is 4.98 Å². The summed E-state index contributed by atoms with van der Waals surface area (Å²) < 4.78 is 2.58. The number of unbranched alkanes of at least 4 members (excludes halogenated alkanes) is 26. The van der Waals surface area contributed by atoms with Gasteiger partial charge in [-0.05, 0) is 26.2 Å². The summed E-state index contributed by atoms with van der Waals surface area (Å²) in [6.07, 6.45) is 50.3. The Balaban J connectivity index is 2.21. The van der Waals surface area contributed by atoms with Crippen molar-refractivity contribution in [3.63, 3.8) is 0 Å². The van der Waals surface area contributed by atoms with Gasteiger partial charge in [0.2, 0.25) is 0 Å². The third-order valence-electron chi connectivity index (χ3n) is 10.1. The summed E-state index contributed by atoms with van der Waals surface area (Å²) in [7, 11) is 0. The van der Waals surface area contributed by atoms with Gasteiger partial charge in [0.1, 0.15) is 12.4 Å². The van der Waals surface area contributed by atoms with E-state index >= 15 is 0 Å². The number of aromatic amines is 1. The maximum Gasteiger partial charge on any atom is 0.257 e. The molecule has 1 aromatic rings. The summed E-state index contributed by atoms with van der Waals surface area (Å²) in [5.74, 6) is 2.23. The van der Waals surface area contributed by atoms with Crippen molar-refractivity contribution in [2.75, 3.05) is 0 Å². The molecule has 43 heavy (non-hydrogen) atoms. The molecule has 0 aliphatic heterocycles. The fourth-order valence-electron chi connectivity index (χ4n) is 7.22. The number of H-pyrrole nitrogens is 1.